The second-order valence-electron chi connectivity index (χ2n) is 7.38. The van der Waals surface area contributed by atoms with Crippen molar-refractivity contribution in [3.8, 4) is 0 Å². The molecule has 1 aromatic rings. The molecule has 0 aliphatic heterocycles. The zero-order valence-electron chi connectivity index (χ0n) is 15.9. The molecule has 0 unspecified atom stereocenters. The molecule has 0 heterocycles. The van der Waals surface area contributed by atoms with E-state index in [9.17, 15) is 4.79 Å². The first-order valence-corrected chi connectivity index (χ1v) is 9.56. The fourth-order valence-electron chi connectivity index (χ4n) is 2.79. The maximum Gasteiger partial charge on any atom is 0.162 e. The van der Waals surface area contributed by atoms with Gasteiger partial charge in [0, 0.05) is 12.0 Å². The lowest BCUT2D eigenvalue weighted by Crippen LogP contribution is -2.04. The van der Waals surface area contributed by atoms with Gasteiger partial charge in [-0.3, -0.25) is 4.79 Å². The second kappa shape index (κ2) is 10.6. The highest BCUT2D eigenvalue weighted by Crippen LogP contribution is 2.24. The molecule has 129 valence electrons. The minimum absolute atomic E-state index is 0.302. The molecule has 0 spiro atoms. The summed E-state index contributed by atoms with van der Waals surface area (Å²) in [7, 11) is 0. The van der Waals surface area contributed by atoms with Crippen LogP contribution in [-0.4, -0.2) is 5.78 Å². The molecular formula is C22H35O. The molecule has 0 bridgehead atoms. The number of rotatable bonds is 11. The molecule has 0 saturated carbocycles. The highest BCUT2D eigenvalue weighted by Gasteiger charge is 2.12. The van der Waals surface area contributed by atoms with E-state index >= 15 is 0 Å². The summed E-state index contributed by atoms with van der Waals surface area (Å²) in [6.45, 7) is 10.9. The van der Waals surface area contributed by atoms with Crippen LogP contribution in [0.5, 0.6) is 0 Å². The van der Waals surface area contributed by atoms with Gasteiger partial charge in [0.05, 0.1) is 0 Å². The van der Waals surface area contributed by atoms with Crippen molar-refractivity contribution in [1.29, 1.82) is 0 Å². The van der Waals surface area contributed by atoms with E-state index in [1.54, 1.807) is 0 Å². The average Bonchev–Trinajstić information content (AvgIpc) is 2.53. The first-order valence-electron chi connectivity index (χ1n) is 9.56. The standard InChI is InChI=1S/C22H35O/c1-6-7-8-9-10-11-12-13-22(23)21-15-19(17(2)3)14-20(16-21)18(4)5/h15-18H,6-13H2,1-5H3. The Balaban J connectivity index is 2.55. The zero-order valence-corrected chi connectivity index (χ0v) is 15.9. The first-order chi connectivity index (χ1) is 11.0. The molecule has 0 N–H and O–H groups in total. The molecule has 23 heavy (non-hydrogen) atoms. The molecule has 0 amide bonds. The van der Waals surface area contributed by atoms with Crippen molar-refractivity contribution in [2.24, 2.45) is 0 Å². The molecule has 1 radical (unpaired) electrons. The predicted octanol–water partition coefficient (Wildman–Crippen LogP) is 7.06. The van der Waals surface area contributed by atoms with Crippen LogP contribution >= 0.6 is 0 Å². The van der Waals surface area contributed by atoms with Crippen molar-refractivity contribution in [2.75, 3.05) is 0 Å². The molecule has 1 heteroatoms. The van der Waals surface area contributed by atoms with Gasteiger partial charge in [-0.05, 0) is 47.6 Å². The summed E-state index contributed by atoms with van der Waals surface area (Å²) < 4.78 is 0. The van der Waals surface area contributed by atoms with Crippen LogP contribution in [0.4, 0.5) is 0 Å². The van der Waals surface area contributed by atoms with E-state index in [0.29, 0.717) is 24.0 Å². The van der Waals surface area contributed by atoms with Gasteiger partial charge in [0.2, 0.25) is 0 Å². The summed E-state index contributed by atoms with van der Waals surface area (Å²) >= 11 is 0. The van der Waals surface area contributed by atoms with Crippen molar-refractivity contribution >= 4 is 5.78 Å². The van der Waals surface area contributed by atoms with Gasteiger partial charge >= 0.3 is 0 Å². The predicted molar refractivity (Wildman–Crippen MR) is 100 cm³/mol. The van der Waals surface area contributed by atoms with Gasteiger partial charge in [-0.2, -0.15) is 0 Å². The topological polar surface area (TPSA) is 17.1 Å². The Bertz CT molecular complexity index is 445. The third-order valence-corrected chi connectivity index (χ3v) is 4.48. The Kier molecular flexibility index (Phi) is 9.21. The summed E-state index contributed by atoms with van der Waals surface area (Å²) in [5.74, 6) is 1.13. The van der Waals surface area contributed by atoms with Gasteiger partial charge in [-0.25, -0.2) is 0 Å². The zero-order chi connectivity index (χ0) is 17.2. The highest BCUT2D eigenvalue weighted by molar-refractivity contribution is 5.96. The number of ketones is 1. The van der Waals surface area contributed by atoms with Gasteiger partial charge in [-0.1, -0.05) is 73.1 Å². The number of hydrogen-bond donors (Lipinski definition) is 0. The van der Waals surface area contributed by atoms with E-state index in [1.807, 2.05) is 0 Å². The lowest BCUT2D eigenvalue weighted by atomic mass is 9.91. The normalized spacial score (nSPS) is 11.4. The Morgan fingerprint density at radius 1 is 0.870 bits per heavy atom. The summed E-state index contributed by atoms with van der Waals surface area (Å²) in [4.78, 5) is 12.5. The Labute approximate surface area is 143 Å². The highest BCUT2D eigenvalue weighted by atomic mass is 16.1. The quantitative estimate of drug-likeness (QED) is 0.315. The maximum absolute atomic E-state index is 12.5. The van der Waals surface area contributed by atoms with Crippen LogP contribution in [0.2, 0.25) is 0 Å². The molecule has 0 fully saturated rings. The van der Waals surface area contributed by atoms with Crippen LogP contribution in [0.15, 0.2) is 12.1 Å². The molecule has 0 saturated heterocycles. The smallest absolute Gasteiger partial charge is 0.162 e. The van der Waals surface area contributed by atoms with Crippen LogP contribution in [-0.2, 0) is 0 Å². The SMILES string of the molecule is CCCCCCCCCC(=O)c1cc(C(C)C)[c]c(C(C)C)c1. The Morgan fingerprint density at radius 3 is 1.83 bits per heavy atom. The van der Waals surface area contributed by atoms with Crippen molar-refractivity contribution in [1.82, 2.24) is 0 Å². The van der Waals surface area contributed by atoms with E-state index in [2.05, 4.69) is 52.8 Å². The van der Waals surface area contributed by atoms with Crippen LogP contribution in [0.25, 0.3) is 0 Å². The summed E-state index contributed by atoms with van der Waals surface area (Å²) in [5, 5.41) is 0. The van der Waals surface area contributed by atoms with E-state index < -0.39 is 0 Å². The number of carbonyl (C=O) groups excluding carboxylic acids is 1. The van der Waals surface area contributed by atoms with Crippen LogP contribution < -0.4 is 0 Å². The Hall–Kier alpha value is -1.11. The Morgan fingerprint density at radius 2 is 1.35 bits per heavy atom. The van der Waals surface area contributed by atoms with Crippen LogP contribution in [0, 0.1) is 6.07 Å². The average molecular weight is 316 g/mol. The number of unbranched alkanes of at least 4 members (excludes halogenated alkanes) is 6. The maximum atomic E-state index is 12.5. The van der Waals surface area contributed by atoms with Crippen molar-refractivity contribution in [3.05, 3.63) is 34.9 Å². The minimum Gasteiger partial charge on any atom is -0.294 e. The molecule has 0 atom stereocenters. The molecule has 1 rings (SSSR count). The first kappa shape index (κ1) is 19.9. The second-order valence-corrected chi connectivity index (χ2v) is 7.38. The molecule has 0 aliphatic rings. The lowest BCUT2D eigenvalue weighted by Gasteiger charge is -2.13. The van der Waals surface area contributed by atoms with Crippen molar-refractivity contribution < 1.29 is 4.79 Å². The number of benzene rings is 1. The molecular weight excluding hydrogens is 280 g/mol. The van der Waals surface area contributed by atoms with Gasteiger partial charge in [0.15, 0.2) is 5.78 Å². The van der Waals surface area contributed by atoms with Gasteiger partial charge in [0.25, 0.3) is 0 Å². The molecule has 0 aliphatic carbocycles. The van der Waals surface area contributed by atoms with Crippen LogP contribution in [0.1, 0.15) is 119 Å². The lowest BCUT2D eigenvalue weighted by molar-refractivity contribution is 0.0979. The van der Waals surface area contributed by atoms with Crippen LogP contribution in [0.3, 0.4) is 0 Å². The summed E-state index contributed by atoms with van der Waals surface area (Å²) in [5.41, 5.74) is 3.22. The number of Topliss-reactive ketones (excluding diaryl/α,β-unsaturated/α-hetero) is 1. The van der Waals surface area contributed by atoms with E-state index in [-0.39, 0.29) is 0 Å². The number of carbonyl (C=O) groups is 1. The molecule has 0 aromatic heterocycles. The molecule has 1 nitrogen and oxygen atoms in total. The summed E-state index contributed by atoms with van der Waals surface area (Å²) in [6, 6.07) is 7.59. The van der Waals surface area contributed by atoms with Gasteiger partial charge in [-0.15, -0.1) is 0 Å². The largest absolute Gasteiger partial charge is 0.294 e. The minimum atomic E-state index is 0.302. The van der Waals surface area contributed by atoms with E-state index in [4.69, 9.17) is 0 Å². The number of hydrogen-bond acceptors (Lipinski definition) is 1. The summed E-state index contributed by atoms with van der Waals surface area (Å²) in [6.07, 6.45) is 9.46. The van der Waals surface area contributed by atoms with Gasteiger partial charge in [0.1, 0.15) is 0 Å². The monoisotopic (exact) mass is 315 g/mol. The van der Waals surface area contributed by atoms with Gasteiger partial charge < -0.3 is 0 Å². The van der Waals surface area contributed by atoms with Crippen molar-refractivity contribution in [3.63, 3.8) is 0 Å². The van der Waals surface area contributed by atoms with E-state index in [1.165, 1.54) is 49.7 Å². The fourth-order valence-corrected chi connectivity index (χ4v) is 2.79. The third kappa shape index (κ3) is 7.33. The fraction of sp³-hybridized carbons (Fsp3) is 0.682. The third-order valence-electron chi connectivity index (χ3n) is 4.48. The molecule has 1 aromatic carbocycles. The van der Waals surface area contributed by atoms with Crippen molar-refractivity contribution in [2.45, 2.75) is 97.8 Å². The van der Waals surface area contributed by atoms with E-state index in [0.717, 1.165) is 12.0 Å².